The molecule has 0 N–H and O–H groups in total. The number of furan rings is 1. The van der Waals surface area contributed by atoms with Gasteiger partial charge in [-0.1, -0.05) is 25.2 Å². The highest BCUT2D eigenvalue weighted by Crippen LogP contribution is 2.40. The molecule has 7 nitrogen and oxygen atoms in total. The Morgan fingerprint density at radius 1 is 1.10 bits per heavy atom. The number of carbonyl (C=O) groups excluding carboxylic acids is 1. The second kappa shape index (κ2) is 9.60. The van der Waals surface area contributed by atoms with Gasteiger partial charge >= 0.3 is 0 Å². The molecule has 2 heterocycles. The van der Waals surface area contributed by atoms with E-state index in [9.17, 15) is 4.79 Å². The van der Waals surface area contributed by atoms with Gasteiger partial charge in [0.15, 0.2) is 15.6 Å². The number of aromatic nitrogens is 1. The van der Waals surface area contributed by atoms with Crippen molar-refractivity contribution in [3.63, 3.8) is 0 Å². The predicted molar refractivity (Wildman–Crippen MR) is 119 cm³/mol. The third-order valence-corrected chi connectivity index (χ3v) is 6.21. The number of rotatable bonds is 9. The summed E-state index contributed by atoms with van der Waals surface area (Å²) in [5.41, 5.74) is 0.674. The lowest BCUT2D eigenvalue weighted by atomic mass is 10.3. The van der Waals surface area contributed by atoms with Crippen LogP contribution in [0.15, 0.2) is 33.4 Å². The zero-order chi connectivity index (χ0) is 21.0. The molecule has 0 atom stereocenters. The normalized spacial score (nSPS) is 11.2. The van der Waals surface area contributed by atoms with Crippen molar-refractivity contribution in [3.05, 3.63) is 34.7 Å². The Kier molecular flexibility index (Phi) is 7.15. The van der Waals surface area contributed by atoms with Crippen molar-refractivity contribution >= 4 is 48.5 Å². The number of halogens is 1. The third-order valence-electron chi connectivity index (χ3n) is 4.69. The molecule has 0 aliphatic heterocycles. The number of anilines is 1. The Balaban J connectivity index is 2.03. The first-order valence-corrected chi connectivity index (χ1v) is 10.9. The number of ether oxygens (including phenoxy) is 2. The van der Waals surface area contributed by atoms with Crippen LogP contribution in [0, 0.1) is 0 Å². The number of fused-ring (bicyclic) bond motifs is 1. The molecule has 2 aromatic heterocycles. The van der Waals surface area contributed by atoms with Crippen molar-refractivity contribution in [1.82, 2.24) is 9.88 Å². The zero-order valence-corrected chi connectivity index (χ0v) is 19.3. The fraction of sp³-hybridized carbons (Fsp3) is 0.400. The maximum atomic E-state index is 13.2. The molecule has 0 aliphatic carbocycles. The molecule has 3 aromatic rings. The Bertz CT molecular complexity index is 942. The predicted octanol–water partition coefficient (Wildman–Crippen LogP) is 4.66. The van der Waals surface area contributed by atoms with Crippen LogP contribution in [0.5, 0.6) is 11.5 Å². The average Bonchev–Trinajstić information content (AvgIpc) is 3.36. The Morgan fingerprint density at radius 3 is 2.38 bits per heavy atom. The lowest BCUT2D eigenvalue weighted by Gasteiger charge is -2.24. The molecule has 3 rings (SSSR count). The van der Waals surface area contributed by atoms with Crippen molar-refractivity contribution in [2.24, 2.45) is 0 Å². The highest BCUT2D eigenvalue weighted by molar-refractivity contribution is 9.10. The summed E-state index contributed by atoms with van der Waals surface area (Å²) in [6.07, 6.45) is 0. The van der Waals surface area contributed by atoms with Crippen molar-refractivity contribution in [3.8, 4) is 11.5 Å². The summed E-state index contributed by atoms with van der Waals surface area (Å²) in [7, 11) is 3.22. The van der Waals surface area contributed by atoms with E-state index in [0.29, 0.717) is 33.4 Å². The highest BCUT2D eigenvalue weighted by Gasteiger charge is 2.26. The summed E-state index contributed by atoms with van der Waals surface area (Å²) in [5.74, 6) is 1.36. The fourth-order valence-electron chi connectivity index (χ4n) is 3.02. The topological polar surface area (TPSA) is 68.0 Å². The quantitative estimate of drug-likeness (QED) is 0.442. The average molecular weight is 482 g/mol. The lowest BCUT2D eigenvalue weighted by molar-refractivity contribution is 0.0956. The van der Waals surface area contributed by atoms with E-state index < -0.39 is 0 Å². The number of nitrogens with zero attached hydrogens (tertiary/aromatic N) is 3. The number of benzene rings is 1. The van der Waals surface area contributed by atoms with Crippen molar-refractivity contribution < 1.29 is 18.7 Å². The van der Waals surface area contributed by atoms with Crippen molar-refractivity contribution in [1.29, 1.82) is 0 Å². The first kappa shape index (κ1) is 21.6. The monoisotopic (exact) mass is 481 g/mol. The smallest absolute Gasteiger partial charge is 0.295 e. The van der Waals surface area contributed by atoms with E-state index in [0.717, 1.165) is 24.3 Å². The van der Waals surface area contributed by atoms with Crippen LogP contribution in [-0.4, -0.2) is 56.2 Å². The summed E-state index contributed by atoms with van der Waals surface area (Å²) in [4.78, 5) is 21.9. The van der Waals surface area contributed by atoms with Gasteiger partial charge in [-0.05, 0) is 53.3 Å². The summed E-state index contributed by atoms with van der Waals surface area (Å²) in [6.45, 7) is 7.24. The number of likely N-dealkylation sites (N-methyl/N-ethyl adjacent to an activating group) is 1. The number of methoxy groups -OCH3 is 2. The van der Waals surface area contributed by atoms with Crippen LogP contribution in [0.4, 0.5) is 5.13 Å². The molecule has 9 heteroatoms. The first-order chi connectivity index (χ1) is 14.0. The molecule has 0 saturated heterocycles. The Morgan fingerprint density at radius 2 is 1.79 bits per heavy atom. The summed E-state index contributed by atoms with van der Waals surface area (Å²) < 4.78 is 17.8. The molecule has 0 saturated carbocycles. The second-order valence-electron chi connectivity index (χ2n) is 6.23. The summed E-state index contributed by atoms with van der Waals surface area (Å²) in [5, 5.41) is 0.576. The minimum atomic E-state index is -0.236. The molecule has 29 heavy (non-hydrogen) atoms. The van der Waals surface area contributed by atoms with Crippen LogP contribution in [-0.2, 0) is 0 Å². The second-order valence-corrected chi connectivity index (χ2v) is 7.99. The van der Waals surface area contributed by atoms with Crippen molar-refractivity contribution in [2.75, 3.05) is 45.3 Å². The van der Waals surface area contributed by atoms with Gasteiger partial charge < -0.3 is 18.8 Å². The molecule has 0 bridgehead atoms. The summed E-state index contributed by atoms with van der Waals surface area (Å²) >= 11 is 4.66. The highest BCUT2D eigenvalue weighted by atomic mass is 79.9. The molecule has 1 amide bonds. The largest absolute Gasteiger partial charge is 0.495 e. The Hall–Kier alpha value is -2.10. The van der Waals surface area contributed by atoms with E-state index in [2.05, 4.69) is 34.7 Å². The van der Waals surface area contributed by atoms with Gasteiger partial charge in [0.05, 0.1) is 14.2 Å². The molecule has 0 spiro atoms. The number of hydrogen-bond acceptors (Lipinski definition) is 7. The summed E-state index contributed by atoms with van der Waals surface area (Å²) in [6, 6.07) is 7.02. The molecule has 0 aliphatic rings. The molecular formula is C20H24BrN3O4S. The molecular weight excluding hydrogens is 458 g/mol. The van der Waals surface area contributed by atoms with Gasteiger partial charge in [0, 0.05) is 13.1 Å². The number of amides is 1. The maximum absolute atomic E-state index is 13.2. The number of hydrogen-bond donors (Lipinski definition) is 0. The van der Waals surface area contributed by atoms with E-state index in [-0.39, 0.29) is 11.7 Å². The fourth-order valence-corrected chi connectivity index (χ4v) is 4.42. The van der Waals surface area contributed by atoms with Crippen LogP contribution >= 0.6 is 27.3 Å². The van der Waals surface area contributed by atoms with Crippen LogP contribution in [0.2, 0.25) is 0 Å². The molecule has 1 aromatic carbocycles. The van der Waals surface area contributed by atoms with E-state index in [1.807, 2.05) is 12.1 Å². The minimum Gasteiger partial charge on any atom is -0.495 e. The van der Waals surface area contributed by atoms with Gasteiger partial charge in [-0.2, -0.15) is 0 Å². The van der Waals surface area contributed by atoms with Gasteiger partial charge in [-0.25, -0.2) is 4.98 Å². The van der Waals surface area contributed by atoms with Crippen LogP contribution in [0.25, 0.3) is 10.2 Å². The van der Waals surface area contributed by atoms with Gasteiger partial charge in [0.1, 0.15) is 21.7 Å². The molecule has 0 radical (unpaired) electrons. The van der Waals surface area contributed by atoms with Crippen molar-refractivity contribution in [2.45, 2.75) is 13.8 Å². The van der Waals surface area contributed by atoms with Gasteiger partial charge in [0.25, 0.3) is 5.91 Å². The molecule has 0 unspecified atom stereocenters. The SMILES string of the molecule is CCN(CC)CCN(C(=O)c1ccc(Br)o1)c1nc2c(OC)ccc(OC)c2s1. The van der Waals surface area contributed by atoms with E-state index in [1.165, 1.54) is 11.3 Å². The van der Waals surface area contributed by atoms with Gasteiger partial charge in [0.2, 0.25) is 0 Å². The van der Waals surface area contributed by atoms with Gasteiger partial charge in [-0.3, -0.25) is 9.69 Å². The van der Waals surface area contributed by atoms with E-state index >= 15 is 0 Å². The zero-order valence-electron chi connectivity index (χ0n) is 16.9. The Labute approximate surface area is 182 Å². The number of thiazole rings is 1. The van der Waals surface area contributed by atoms with Crippen LogP contribution < -0.4 is 14.4 Å². The van der Waals surface area contributed by atoms with E-state index in [1.54, 1.807) is 31.3 Å². The van der Waals surface area contributed by atoms with E-state index in [4.69, 9.17) is 18.9 Å². The van der Waals surface area contributed by atoms with Crippen LogP contribution in [0.3, 0.4) is 0 Å². The van der Waals surface area contributed by atoms with Gasteiger partial charge in [-0.15, -0.1) is 0 Å². The lowest BCUT2D eigenvalue weighted by Crippen LogP contribution is -2.38. The maximum Gasteiger partial charge on any atom is 0.295 e. The molecule has 0 fully saturated rings. The first-order valence-electron chi connectivity index (χ1n) is 9.33. The van der Waals surface area contributed by atoms with Crippen LogP contribution in [0.1, 0.15) is 24.4 Å². The third kappa shape index (κ3) is 4.57. The molecule has 156 valence electrons. The number of carbonyl (C=O) groups is 1. The standard InChI is InChI=1S/C20H24BrN3O4S/c1-5-23(6-2)11-12-24(19(25)15-9-10-16(21)28-15)20-22-17-13(26-3)7-8-14(27-4)18(17)29-20/h7-10H,5-6,11-12H2,1-4H3. The minimum absolute atomic E-state index is 0.236.